The summed E-state index contributed by atoms with van der Waals surface area (Å²) in [6, 6.07) is 16.7. The molecule has 0 saturated carbocycles. The summed E-state index contributed by atoms with van der Waals surface area (Å²) in [4.78, 5) is 0. The van der Waals surface area contributed by atoms with Crippen molar-refractivity contribution in [3.63, 3.8) is 0 Å². The summed E-state index contributed by atoms with van der Waals surface area (Å²) in [6.07, 6.45) is 11.3. The van der Waals surface area contributed by atoms with E-state index >= 15 is 0 Å². The van der Waals surface area contributed by atoms with Gasteiger partial charge in [-0.25, -0.2) is 4.39 Å². The van der Waals surface area contributed by atoms with E-state index in [0.29, 0.717) is 5.56 Å². The van der Waals surface area contributed by atoms with Gasteiger partial charge in [0.2, 0.25) is 0 Å². The monoisotopic (exact) mass is 378 g/mol. The Hall–Kier alpha value is -2.35. The lowest BCUT2D eigenvalue weighted by molar-refractivity contribution is 0.476. The Morgan fingerprint density at radius 2 is 1.39 bits per heavy atom. The maximum Gasteiger partial charge on any atom is 0.131 e. The van der Waals surface area contributed by atoms with Crippen molar-refractivity contribution < 1.29 is 9.50 Å². The molecule has 0 atom stereocenters. The Morgan fingerprint density at radius 3 is 2.14 bits per heavy atom. The van der Waals surface area contributed by atoms with Gasteiger partial charge in [-0.05, 0) is 59.0 Å². The molecule has 3 aromatic carbocycles. The zero-order valence-corrected chi connectivity index (χ0v) is 16.9. The molecule has 28 heavy (non-hydrogen) atoms. The molecule has 0 aliphatic carbocycles. The Labute approximate surface area is 168 Å². The van der Waals surface area contributed by atoms with Crippen LogP contribution in [-0.4, -0.2) is 5.11 Å². The number of rotatable bonds is 10. The molecule has 0 aliphatic heterocycles. The minimum absolute atomic E-state index is 0.157. The van der Waals surface area contributed by atoms with Gasteiger partial charge in [-0.3, -0.25) is 0 Å². The second-order valence-corrected chi connectivity index (χ2v) is 7.79. The van der Waals surface area contributed by atoms with Crippen molar-refractivity contribution in [3.8, 4) is 16.9 Å². The van der Waals surface area contributed by atoms with Crippen LogP contribution in [0.1, 0.15) is 63.9 Å². The fourth-order valence-electron chi connectivity index (χ4n) is 3.81. The zero-order valence-electron chi connectivity index (χ0n) is 16.9. The summed E-state index contributed by atoms with van der Waals surface area (Å²) in [5.74, 6) is 0.0898. The second kappa shape index (κ2) is 10.3. The van der Waals surface area contributed by atoms with Crippen LogP contribution in [0.5, 0.6) is 5.75 Å². The zero-order chi connectivity index (χ0) is 19.8. The van der Waals surface area contributed by atoms with Crippen LogP contribution in [0, 0.1) is 5.82 Å². The minimum atomic E-state index is -0.157. The fourth-order valence-corrected chi connectivity index (χ4v) is 3.81. The molecule has 3 aromatic rings. The van der Waals surface area contributed by atoms with Crippen molar-refractivity contribution in [2.45, 2.75) is 64.7 Å². The van der Waals surface area contributed by atoms with Gasteiger partial charge in [0.1, 0.15) is 11.6 Å². The molecule has 0 spiro atoms. The predicted molar refractivity (Wildman–Crippen MR) is 117 cm³/mol. The third kappa shape index (κ3) is 5.58. The topological polar surface area (TPSA) is 20.2 Å². The molecule has 0 fully saturated rings. The Balaban J connectivity index is 1.56. The van der Waals surface area contributed by atoms with Crippen LogP contribution in [0.3, 0.4) is 0 Å². The van der Waals surface area contributed by atoms with Gasteiger partial charge in [-0.1, -0.05) is 82.2 Å². The third-order valence-corrected chi connectivity index (χ3v) is 5.49. The average molecular weight is 379 g/mol. The van der Waals surface area contributed by atoms with E-state index in [-0.39, 0.29) is 11.6 Å². The first-order valence-electron chi connectivity index (χ1n) is 10.7. The number of aromatic hydroxyl groups is 1. The molecule has 0 radical (unpaired) electrons. The van der Waals surface area contributed by atoms with Crippen molar-refractivity contribution in [1.29, 1.82) is 0 Å². The first-order valence-corrected chi connectivity index (χ1v) is 10.7. The number of hydrogen-bond donors (Lipinski definition) is 1. The highest BCUT2D eigenvalue weighted by molar-refractivity contribution is 5.88. The number of phenols is 1. The number of hydrogen-bond acceptors (Lipinski definition) is 1. The largest absolute Gasteiger partial charge is 0.508 e. The van der Waals surface area contributed by atoms with E-state index in [1.54, 1.807) is 18.2 Å². The molecule has 0 heterocycles. The SMILES string of the molecule is CCCCCCCCCCc1ccc(-c2ccc3cc(O)ccc3c2)c(F)c1. The summed E-state index contributed by atoms with van der Waals surface area (Å²) in [5.41, 5.74) is 2.59. The molecule has 0 saturated heterocycles. The van der Waals surface area contributed by atoms with Gasteiger partial charge < -0.3 is 5.11 Å². The van der Waals surface area contributed by atoms with E-state index in [4.69, 9.17) is 0 Å². The molecule has 148 valence electrons. The van der Waals surface area contributed by atoms with Gasteiger partial charge >= 0.3 is 0 Å². The molecule has 0 amide bonds. The standard InChI is InChI=1S/C26H31FO/c1-2-3-4-5-6-7-8-9-10-20-11-16-25(26(27)17-20)23-13-12-22-19-24(28)15-14-21(22)18-23/h11-19,28H,2-10H2,1H3. The summed E-state index contributed by atoms with van der Waals surface area (Å²) >= 11 is 0. The summed E-state index contributed by atoms with van der Waals surface area (Å²) < 4.78 is 14.7. The van der Waals surface area contributed by atoms with Crippen molar-refractivity contribution in [3.05, 3.63) is 66.0 Å². The number of halogens is 1. The lowest BCUT2D eigenvalue weighted by Gasteiger charge is -2.08. The first-order chi connectivity index (χ1) is 13.7. The number of fused-ring (bicyclic) bond motifs is 1. The average Bonchev–Trinajstić information content (AvgIpc) is 2.70. The summed E-state index contributed by atoms with van der Waals surface area (Å²) in [6.45, 7) is 2.25. The predicted octanol–water partition coefficient (Wildman–Crippen LogP) is 8.03. The maximum atomic E-state index is 14.7. The van der Waals surface area contributed by atoms with Gasteiger partial charge in [-0.2, -0.15) is 0 Å². The van der Waals surface area contributed by atoms with Crippen LogP contribution in [0.15, 0.2) is 54.6 Å². The molecule has 2 heteroatoms. The van der Waals surface area contributed by atoms with Crippen LogP contribution in [0.4, 0.5) is 4.39 Å². The lowest BCUT2D eigenvalue weighted by atomic mass is 9.98. The smallest absolute Gasteiger partial charge is 0.131 e. The molecule has 1 nitrogen and oxygen atoms in total. The minimum Gasteiger partial charge on any atom is -0.508 e. The van der Waals surface area contributed by atoms with Gasteiger partial charge in [0.15, 0.2) is 0 Å². The maximum absolute atomic E-state index is 14.7. The molecular formula is C26H31FO. The Bertz CT molecular complexity index is 900. The van der Waals surface area contributed by atoms with E-state index in [2.05, 4.69) is 13.0 Å². The van der Waals surface area contributed by atoms with E-state index < -0.39 is 0 Å². The normalized spacial score (nSPS) is 11.2. The highest BCUT2D eigenvalue weighted by Crippen LogP contribution is 2.29. The van der Waals surface area contributed by atoms with Crippen molar-refractivity contribution in [2.75, 3.05) is 0 Å². The Morgan fingerprint density at radius 1 is 0.714 bits per heavy atom. The van der Waals surface area contributed by atoms with Crippen LogP contribution >= 0.6 is 0 Å². The lowest BCUT2D eigenvalue weighted by Crippen LogP contribution is -1.91. The van der Waals surface area contributed by atoms with Crippen LogP contribution in [0.25, 0.3) is 21.9 Å². The van der Waals surface area contributed by atoms with E-state index in [1.165, 1.54) is 44.9 Å². The second-order valence-electron chi connectivity index (χ2n) is 7.79. The van der Waals surface area contributed by atoms with Crippen molar-refractivity contribution in [2.24, 2.45) is 0 Å². The molecule has 1 N–H and O–H groups in total. The van der Waals surface area contributed by atoms with Gasteiger partial charge in [0.05, 0.1) is 0 Å². The number of aryl methyl sites for hydroxylation is 1. The summed E-state index contributed by atoms with van der Waals surface area (Å²) in [7, 11) is 0. The number of benzene rings is 3. The molecular weight excluding hydrogens is 347 g/mol. The number of unbranched alkanes of at least 4 members (excludes halogenated alkanes) is 7. The molecule has 0 aliphatic rings. The molecule has 0 unspecified atom stereocenters. The van der Waals surface area contributed by atoms with E-state index in [0.717, 1.165) is 34.7 Å². The van der Waals surface area contributed by atoms with Crippen LogP contribution < -0.4 is 0 Å². The van der Waals surface area contributed by atoms with Crippen LogP contribution in [-0.2, 0) is 6.42 Å². The van der Waals surface area contributed by atoms with E-state index in [1.807, 2.05) is 30.3 Å². The highest BCUT2D eigenvalue weighted by atomic mass is 19.1. The molecule has 0 aromatic heterocycles. The third-order valence-electron chi connectivity index (χ3n) is 5.49. The van der Waals surface area contributed by atoms with Crippen molar-refractivity contribution in [1.82, 2.24) is 0 Å². The Kier molecular flexibility index (Phi) is 7.47. The van der Waals surface area contributed by atoms with Gasteiger partial charge in [-0.15, -0.1) is 0 Å². The molecule has 3 rings (SSSR count). The number of phenolic OH excluding ortho intramolecular Hbond substituents is 1. The van der Waals surface area contributed by atoms with Gasteiger partial charge in [0, 0.05) is 5.56 Å². The van der Waals surface area contributed by atoms with Gasteiger partial charge in [0.25, 0.3) is 0 Å². The fraction of sp³-hybridized carbons (Fsp3) is 0.385. The van der Waals surface area contributed by atoms with E-state index in [9.17, 15) is 9.50 Å². The quantitative estimate of drug-likeness (QED) is 0.354. The highest BCUT2D eigenvalue weighted by Gasteiger charge is 2.08. The van der Waals surface area contributed by atoms with Crippen LogP contribution in [0.2, 0.25) is 0 Å². The molecule has 0 bridgehead atoms. The summed E-state index contributed by atoms with van der Waals surface area (Å²) in [5, 5.41) is 11.5. The first kappa shape index (κ1) is 20.4. The van der Waals surface area contributed by atoms with Crippen molar-refractivity contribution >= 4 is 10.8 Å².